The van der Waals surface area contributed by atoms with Gasteiger partial charge in [-0.3, -0.25) is 4.68 Å². The Kier molecular flexibility index (Phi) is 2.09. The SMILES string of the molecule is Cc1cc(C(O)c2ncnn2C)co1. The molecule has 2 heterocycles. The largest absolute Gasteiger partial charge is 0.469 e. The van der Waals surface area contributed by atoms with E-state index < -0.39 is 6.10 Å². The van der Waals surface area contributed by atoms with Crippen molar-refractivity contribution in [2.24, 2.45) is 7.05 Å². The lowest BCUT2D eigenvalue weighted by atomic mass is 10.2. The smallest absolute Gasteiger partial charge is 0.160 e. The van der Waals surface area contributed by atoms with Crippen molar-refractivity contribution in [2.45, 2.75) is 13.0 Å². The molecule has 0 fully saturated rings. The Bertz CT molecular complexity index is 433. The maximum Gasteiger partial charge on any atom is 0.160 e. The topological polar surface area (TPSA) is 64.1 Å². The van der Waals surface area contributed by atoms with Crippen LogP contribution in [0.25, 0.3) is 0 Å². The summed E-state index contributed by atoms with van der Waals surface area (Å²) in [5.41, 5.74) is 0.693. The number of aliphatic hydroxyl groups excluding tert-OH is 1. The van der Waals surface area contributed by atoms with E-state index in [9.17, 15) is 5.11 Å². The van der Waals surface area contributed by atoms with Crippen LogP contribution in [0.15, 0.2) is 23.1 Å². The molecule has 0 aliphatic carbocycles. The summed E-state index contributed by atoms with van der Waals surface area (Å²) in [7, 11) is 1.73. The maximum atomic E-state index is 9.89. The molecule has 1 unspecified atom stereocenters. The van der Waals surface area contributed by atoms with Gasteiger partial charge < -0.3 is 9.52 Å². The molecule has 2 rings (SSSR count). The van der Waals surface area contributed by atoms with Crippen LogP contribution in [0.1, 0.15) is 23.3 Å². The Morgan fingerprint density at radius 1 is 1.57 bits per heavy atom. The second-order valence-corrected chi connectivity index (χ2v) is 3.14. The van der Waals surface area contributed by atoms with Gasteiger partial charge in [-0.15, -0.1) is 0 Å². The predicted octanol–water partition coefficient (Wildman–Crippen LogP) is 0.798. The van der Waals surface area contributed by atoms with E-state index in [4.69, 9.17) is 4.42 Å². The fraction of sp³-hybridized carbons (Fsp3) is 0.333. The first-order valence-corrected chi connectivity index (χ1v) is 4.25. The third kappa shape index (κ3) is 1.42. The van der Waals surface area contributed by atoms with Crippen LogP contribution in [0.5, 0.6) is 0 Å². The van der Waals surface area contributed by atoms with Crippen LogP contribution in [-0.2, 0) is 7.05 Å². The predicted molar refractivity (Wildman–Crippen MR) is 48.5 cm³/mol. The van der Waals surface area contributed by atoms with Crippen LogP contribution in [-0.4, -0.2) is 19.9 Å². The average Bonchev–Trinajstić information content (AvgIpc) is 2.73. The summed E-state index contributed by atoms with van der Waals surface area (Å²) in [5.74, 6) is 1.27. The molecule has 5 nitrogen and oxygen atoms in total. The Morgan fingerprint density at radius 3 is 2.86 bits per heavy atom. The highest BCUT2D eigenvalue weighted by Crippen LogP contribution is 2.21. The van der Waals surface area contributed by atoms with Crippen molar-refractivity contribution >= 4 is 0 Å². The summed E-state index contributed by atoms with van der Waals surface area (Å²) in [4.78, 5) is 3.96. The zero-order valence-corrected chi connectivity index (χ0v) is 8.01. The van der Waals surface area contributed by atoms with Crippen molar-refractivity contribution in [1.29, 1.82) is 0 Å². The Labute approximate surface area is 81.0 Å². The lowest BCUT2D eigenvalue weighted by molar-refractivity contribution is 0.203. The summed E-state index contributed by atoms with van der Waals surface area (Å²) in [6.07, 6.45) is 2.15. The van der Waals surface area contributed by atoms with E-state index >= 15 is 0 Å². The van der Waals surface area contributed by atoms with Crippen LogP contribution in [0, 0.1) is 6.92 Å². The number of hydrogen-bond donors (Lipinski definition) is 1. The molecular weight excluding hydrogens is 182 g/mol. The molecule has 1 atom stereocenters. The minimum atomic E-state index is -0.778. The fourth-order valence-electron chi connectivity index (χ4n) is 1.31. The first-order valence-electron chi connectivity index (χ1n) is 4.25. The molecule has 0 aromatic carbocycles. The molecular formula is C9H11N3O2. The van der Waals surface area contributed by atoms with Crippen molar-refractivity contribution < 1.29 is 9.52 Å². The van der Waals surface area contributed by atoms with Crippen LogP contribution < -0.4 is 0 Å². The first kappa shape index (κ1) is 8.96. The minimum Gasteiger partial charge on any atom is -0.469 e. The molecule has 0 radical (unpaired) electrons. The Hall–Kier alpha value is -1.62. The highest BCUT2D eigenvalue weighted by atomic mass is 16.3. The number of nitrogens with zero attached hydrogens (tertiary/aromatic N) is 3. The number of furan rings is 1. The van der Waals surface area contributed by atoms with E-state index in [2.05, 4.69) is 10.1 Å². The van der Waals surface area contributed by atoms with E-state index in [0.29, 0.717) is 11.4 Å². The normalized spacial score (nSPS) is 13.1. The third-order valence-electron chi connectivity index (χ3n) is 2.06. The van der Waals surface area contributed by atoms with Gasteiger partial charge in [-0.25, -0.2) is 4.98 Å². The van der Waals surface area contributed by atoms with Gasteiger partial charge in [0.1, 0.15) is 18.2 Å². The van der Waals surface area contributed by atoms with Crippen molar-refractivity contribution in [1.82, 2.24) is 14.8 Å². The number of rotatable bonds is 2. The standard InChI is InChI=1S/C9H11N3O2/c1-6-3-7(4-14-6)8(13)9-10-5-11-12(9)2/h3-5,8,13H,1-2H3. The summed E-state index contributed by atoms with van der Waals surface area (Å²) >= 11 is 0. The summed E-state index contributed by atoms with van der Waals surface area (Å²) in [6, 6.07) is 1.78. The summed E-state index contributed by atoms with van der Waals surface area (Å²) in [5, 5.41) is 13.8. The Morgan fingerprint density at radius 2 is 2.36 bits per heavy atom. The van der Waals surface area contributed by atoms with E-state index in [-0.39, 0.29) is 0 Å². The summed E-state index contributed by atoms with van der Waals surface area (Å²) in [6.45, 7) is 1.83. The van der Waals surface area contributed by atoms with Gasteiger partial charge in [0.2, 0.25) is 0 Å². The molecule has 0 amide bonds. The molecule has 0 saturated heterocycles. The van der Waals surface area contributed by atoms with Crippen molar-refractivity contribution in [3.8, 4) is 0 Å². The molecule has 0 spiro atoms. The second-order valence-electron chi connectivity index (χ2n) is 3.14. The van der Waals surface area contributed by atoms with Gasteiger partial charge >= 0.3 is 0 Å². The highest BCUT2D eigenvalue weighted by Gasteiger charge is 2.17. The van der Waals surface area contributed by atoms with Gasteiger partial charge in [0.05, 0.1) is 6.26 Å². The van der Waals surface area contributed by atoms with Gasteiger partial charge in [-0.05, 0) is 13.0 Å². The number of aromatic nitrogens is 3. The summed E-state index contributed by atoms with van der Waals surface area (Å²) < 4.78 is 6.64. The van der Waals surface area contributed by atoms with Crippen LogP contribution in [0.3, 0.4) is 0 Å². The number of hydrogen-bond acceptors (Lipinski definition) is 4. The van der Waals surface area contributed by atoms with Crippen molar-refractivity contribution in [3.05, 3.63) is 35.8 Å². The van der Waals surface area contributed by atoms with Crippen molar-refractivity contribution in [3.63, 3.8) is 0 Å². The van der Waals surface area contributed by atoms with E-state index in [1.165, 1.54) is 17.3 Å². The van der Waals surface area contributed by atoms with Crippen LogP contribution >= 0.6 is 0 Å². The maximum absolute atomic E-state index is 9.89. The van der Waals surface area contributed by atoms with Crippen LogP contribution in [0.4, 0.5) is 0 Å². The first-order chi connectivity index (χ1) is 6.68. The Balaban J connectivity index is 2.33. The lowest BCUT2D eigenvalue weighted by Gasteiger charge is -2.05. The molecule has 0 saturated carbocycles. The number of aliphatic hydroxyl groups is 1. The van der Waals surface area contributed by atoms with Crippen molar-refractivity contribution in [2.75, 3.05) is 0 Å². The number of aryl methyl sites for hydroxylation is 2. The highest BCUT2D eigenvalue weighted by molar-refractivity contribution is 5.20. The monoisotopic (exact) mass is 193 g/mol. The molecule has 2 aromatic rings. The third-order valence-corrected chi connectivity index (χ3v) is 2.06. The molecule has 5 heteroatoms. The molecule has 14 heavy (non-hydrogen) atoms. The molecule has 0 bridgehead atoms. The van der Waals surface area contributed by atoms with Gasteiger partial charge in [0.15, 0.2) is 5.82 Å². The van der Waals surface area contributed by atoms with E-state index in [0.717, 1.165) is 5.76 Å². The zero-order chi connectivity index (χ0) is 10.1. The van der Waals surface area contributed by atoms with Gasteiger partial charge in [0, 0.05) is 12.6 Å². The zero-order valence-electron chi connectivity index (χ0n) is 8.01. The van der Waals surface area contributed by atoms with Gasteiger partial charge in [0.25, 0.3) is 0 Å². The van der Waals surface area contributed by atoms with E-state index in [1.807, 2.05) is 6.92 Å². The molecule has 74 valence electrons. The van der Waals surface area contributed by atoms with Gasteiger partial charge in [-0.2, -0.15) is 5.10 Å². The average molecular weight is 193 g/mol. The molecule has 0 aliphatic rings. The second kappa shape index (κ2) is 3.26. The van der Waals surface area contributed by atoms with Gasteiger partial charge in [-0.1, -0.05) is 0 Å². The molecule has 0 aliphatic heterocycles. The minimum absolute atomic E-state index is 0.505. The molecule has 1 N–H and O–H groups in total. The lowest BCUT2D eigenvalue weighted by Crippen LogP contribution is -2.07. The van der Waals surface area contributed by atoms with Crippen LogP contribution in [0.2, 0.25) is 0 Å². The quantitative estimate of drug-likeness (QED) is 0.766. The van der Waals surface area contributed by atoms with E-state index in [1.54, 1.807) is 13.1 Å². The molecule has 2 aromatic heterocycles. The fourth-order valence-corrected chi connectivity index (χ4v) is 1.31.